The summed E-state index contributed by atoms with van der Waals surface area (Å²) in [5.74, 6) is 0. The number of rotatable bonds is 4. The second kappa shape index (κ2) is 10.9. The van der Waals surface area contributed by atoms with E-state index in [9.17, 15) is 0 Å². The molecule has 0 aliphatic heterocycles. The third kappa shape index (κ3) is 4.30. The molecule has 0 heterocycles. The Labute approximate surface area is 268 Å². The molecule has 9 aromatic rings. The molecule has 0 saturated carbocycles. The van der Waals surface area contributed by atoms with E-state index >= 15 is 0 Å². The van der Waals surface area contributed by atoms with Gasteiger partial charge in [-0.1, -0.05) is 176 Å². The quantitative estimate of drug-likeness (QED) is 0.181. The molecule has 0 spiro atoms. The molecule has 0 saturated heterocycles. The highest BCUT2D eigenvalue weighted by molar-refractivity contribution is 6.21. The van der Waals surface area contributed by atoms with Crippen LogP contribution in [0.25, 0.3) is 87.6 Å². The molecule has 0 amide bonds. The van der Waals surface area contributed by atoms with E-state index in [2.05, 4.69) is 182 Å². The smallest absolute Gasteiger partial charge is 0.00262 e. The maximum atomic E-state index is 2.34. The first-order chi connectivity index (χ1) is 22.8. The van der Waals surface area contributed by atoms with Gasteiger partial charge in [0, 0.05) is 0 Å². The van der Waals surface area contributed by atoms with Gasteiger partial charge in [0.2, 0.25) is 0 Å². The molecule has 0 atom stereocenters. The summed E-state index contributed by atoms with van der Waals surface area (Å²) in [6.45, 7) is 0. The molecular weight excluding hydrogens is 553 g/mol. The summed E-state index contributed by atoms with van der Waals surface area (Å²) < 4.78 is 0. The van der Waals surface area contributed by atoms with Crippen LogP contribution in [0.4, 0.5) is 0 Å². The van der Waals surface area contributed by atoms with Crippen molar-refractivity contribution >= 4 is 43.1 Å². The lowest BCUT2D eigenvalue weighted by molar-refractivity contribution is 1.62. The Morgan fingerprint density at radius 1 is 0.239 bits per heavy atom. The Hall–Kier alpha value is -5.98. The Balaban J connectivity index is 1.24. The number of hydrogen-bond donors (Lipinski definition) is 0. The Morgan fingerprint density at radius 3 is 1.28 bits per heavy atom. The Kier molecular flexibility index (Phi) is 6.25. The van der Waals surface area contributed by atoms with Crippen LogP contribution in [0.3, 0.4) is 0 Å². The highest BCUT2D eigenvalue weighted by Gasteiger charge is 2.17. The van der Waals surface area contributed by atoms with Gasteiger partial charge in [-0.2, -0.15) is 0 Å². The van der Waals surface area contributed by atoms with Gasteiger partial charge in [0.1, 0.15) is 0 Å². The van der Waals surface area contributed by atoms with Gasteiger partial charge in [0.05, 0.1) is 0 Å². The van der Waals surface area contributed by atoms with Crippen molar-refractivity contribution in [2.75, 3.05) is 0 Å². The van der Waals surface area contributed by atoms with Crippen molar-refractivity contribution in [3.05, 3.63) is 182 Å². The molecule has 0 radical (unpaired) electrons. The van der Waals surface area contributed by atoms with Crippen molar-refractivity contribution in [1.82, 2.24) is 0 Å². The van der Waals surface area contributed by atoms with Crippen molar-refractivity contribution in [1.29, 1.82) is 0 Å². The summed E-state index contributed by atoms with van der Waals surface area (Å²) in [6.07, 6.45) is 0. The zero-order valence-corrected chi connectivity index (χ0v) is 25.3. The summed E-state index contributed by atoms with van der Waals surface area (Å²) in [7, 11) is 0. The molecule has 0 N–H and O–H groups in total. The van der Waals surface area contributed by atoms with Gasteiger partial charge in [-0.15, -0.1) is 0 Å². The molecule has 0 bridgehead atoms. The first-order valence-corrected chi connectivity index (χ1v) is 15.9. The maximum absolute atomic E-state index is 2.34. The summed E-state index contributed by atoms with van der Waals surface area (Å²) >= 11 is 0. The van der Waals surface area contributed by atoms with Crippen LogP contribution in [0.15, 0.2) is 182 Å². The zero-order valence-electron chi connectivity index (χ0n) is 25.3. The average molecular weight is 583 g/mol. The Morgan fingerprint density at radius 2 is 0.674 bits per heavy atom. The van der Waals surface area contributed by atoms with E-state index in [1.54, 1.807) is 0 Å². The first kappa shape index (κ1) is 26.4. The predicted octanol–water partition coefficient (Wildman–Crippen LogP) is 13.0. The monoisotopic (exact) mass is 582 g/mol. The van der Waals surface area contributed by atoms with E-state index in [4.69, 9.17) is 0 Å². The minimum atomic E-state index is 1.22. The second-order valence-electron chi connectivity index (χ2n) is 12.1. The molecule has 0 aliphatic rings. The molecule has 214 valence electrons. The lowest BCUT2D eigenvalue weighted by Crippen LogP contribution is -1.91. The van der Waals surface area contributed by atoms with Crippen LogP contribution < -0.4 is 0 Å². The molecular formula is C46H30. The molecule has 9 aromatic carbocycles. The van der Waals surface area contributed by atoms with E-state index in [0.717, 1.165) is 0 Å². The highest BCUT2D eigenvalue weighted by atomic mass is 14.2. The topological polar surface area (TPSA) is 0 Å². The molecule has 0 unspecified atom stereocenters. The van der Waals surface area contributed by atoms with Gasteiger partial charge >= 0.3 is 0 Å². The van der Waals surface area contributed by atoms with Gasteiger partial charge < -0.3 is 0 Å². The molecule has 9 rings (SSSR count). The van der Waals surface area contributed by atoms with Gasteiger partial charge in [-0.05, 0) is 93.7 Å². The molecule has 46 heavy (non-hydrogen) atoms. The van der Waals surface area contributed by atoms with Crippen LogP contribution in [0, 0.1) is 0 Å². The minimum Gasteiger partial charge on any atom is -0.0622 e. The predicted molar refractivity (Wildman–Crippen MR) is 198 cm³/mol. The maximum Gasteiger partial charge on any atom is -0.00262 e. The van der Waals surface area contributed by atoms with Crippen LogP contribution in [-0.4, -0.2) is 0 Å². The first-order valence-electron chi connectivity index (χ1n) is 15.9. The molecule has 0 heteroatoms. The average Bonchev–Trinajstić information content (AvgIpc) is 3.13. The fourth-order valence-corrected chi connectivity index (χ4v) is 7.35. The lowest BCUT2D eigenvalue weighted by Gasteiger charge is -2.18. The molecule has 0 aliphatic carbocycles. The number of fused-ring (bicyclic) bond motifs is 4. The Bertz CT molecular complexity index is 2490. The largest absolute Gasteiger partial charge is 0.0622 e. The fraction of sp³-hybridized carbons (Fsp3) is 0. The van der Waals surface area contributed by atoms with Crippen LogP contribution in [-0.2, 0) is 0 Å². The minimum absolute atomic E-state index is 1.22. The fourth-order valence-electron chi connectivity index (χ4n) is 7.35. The van der Waals surface area contributed by atoms with Gasteiger partial charge in [0.25, 0.3) is 0 Å². The van der Waals surface area contributed by atoms with Crippen molar-refractivity contribution in [2.24, 2.45) is 0 Å². The van der Waals surface area contributed by atoms with E-state index < -0.39 is 0 Å². The lowest BCUT2D eigenvalue weighted by atomic mass is 9.85. The van der Waals surface area contributed by atoms with Gasteiger partial charge in [0.15, 0.2) is 0 Å². The van der Waals surface area contributed by atoms with E-state index in [0.29, 0.717) is 0 Å². The van der Waals surface area contributed by atoms with Crippen molar-refractivity contribution in [2.45, 2.75) is 0 Å². The third-order valence-corrected chi connectivity index (χ3v) is 9.44. The van der Waals surface area contributed by atoms with E-state index in [1.807, 2.05) is 0 Å². The van der Waals surface area contributed by atoms with Crippen molar-refractivity contribution < 1.29 is 0 Å². The summed E-state index contributed by atoms with van der Waals surface area (Å²) in [4.78, 5) is 0. The molecule has 0 fully saturated rings. The highest BCUT2D eigenvalue weighted by Crippen LogP contribution is 2.45. The van der Waals surface area contributed by atoms with Crippen LogP contribution in [0.2, 0.25) is 0 Å². The van der Waals surface area contributed by atoms with Gasteiger partial charge in [-0.25, -0.2) is 0 Å². The van der Waals surface area contributed by atoms with Crippen LogP contribution in [0.5, 0.6) is 0 Å². The van der Waals surface area contributed by atoms with E-state index in [1.165, 1.54) is 87.6 Å². The standard InChI is InChI=1S/C46H30/c1-2-13-32(14-3-1)38-22-10-16-34-17-11-23-39(44(34)38)33-25-27-35(28-26-33)45-40-18-6-8-20-42(40)46(43-21-9-7-19-41(43)45)37-29-24-31-12-4-5-15-36(31)30-37/h1-30H. The van der Waals surface area contributed by atoms with E-state index in [-0.39, 0.29) is 0 Å². The normalized spacial score (nSPS) is 11.5. The van der Waals surface area contributed by atoms with Crippen molar-refractivity contribution in [3.8, 4) is 44.5 Å². The summed E-state index contributed by atoms with van der Waals surface area (Å²) in [6, 6.07) is 66.5. The third-order valence-electron chi connectivity index (χ3n) is 9.44. The zero-order chi connectivity index (χ0) is 30.5. The van der Waals surface area contributed by atoms with Crippen molar-refractivity contribution in [3.63, 3.8) is 0 Å². The van der Waals surface area contributed by atoms with Crippen LogP contribution >= 0.6 is 0 Å². The van der Waals surface area contributed by atoms with Crippen LogP contribution in [0.1, 0.15) is 0 Å². The molecule has 0 aromatic heterocycles. The summed E-state index contributed by atoms with van der Waals surface area (Å²) in [5.41, 5.74) is 10.0. The summed E-state index contributed by atoms with van der Waals surface area (Å²) in [5, 5.41) is 10.2. The molecule has 0 nitrogen and oxygen atoms in total. The van der Waals surface area contributed by atoms with Gasteiger partial charge in [-0.3, -0.25) is 0 Å². The number of hydrogen-bond acceptors (Lipinski definition) is 0. The SMILES string of the molecule is c1ccc(-c2cccc3cccc(-c4ccc(-c5c6ccccc6c(-c6ccc7ccccc7c6)c6ccccc56)cc4)c23)cc1. The number of benzene rings is 9. The second-order valence-corrected chi connectivity index (χ2v) is 12.1.